The molecule has 2 aliphatic rings. The summed E-state index contributed by atoms with van der Waals surface area (Å²) in [5.74, 6) is 2.55. The quantitative estimate of drug-likeness (QED) is 0.672. The number of hydrogen-bond acceptors (Lipinski definition) is 7. The number of rotatable bonds is 5. The largest absolute Gasteiger partial charge is 0.352 e. The van der Waals surface area contributed by atoms with Gasteiger partial charge in [-0.05, 0) is 32.0 Å². The second-order valence-electron chi connectivity index (χ2n) is 7.47. The van der Waals surface area contributed by atoms with Crippen molar-refractivity contribution in [3.8, 4) is 0 Å². The lowest BCUT2D eigenvalue weighted by atomic mass is 9.85. The van der Waals surface area contributed by atoms with Crippen molar-refractivity contribution in [1.29, 1.82) is 0 Å². The molecule has 1 saturated carbocycles. The van der Waals surface area contributed by atoms with E-state index in [0.29, 0.717) is 12.0 Å². The van der Waals surface area contributed by atoms with Crippen LogP contribution in [0.25, 0.3) is 5.65 Å². The van der Waals surface area contributed by atoms with Crippen LogP contribution in [-0.2, 0) is 13.6 Å². The Kier molecular flexibility index (Phi) is 3.63. The van der Waals surface area contributed by atoms with Gasteiger partial charge in [-0.15, -0.1) is 20.4 Å². The molecule has 1 aliphatic heterocycles. The highest BCUT2D eigenvalue weighted by Gasteiger charge is 2.32. The molecular weight excluding hydrogens is 330 g/mol. The first-order chi connectivity index (χ1) is 12.7. The van der Waals surface area contributed by atoms with Gasteiger partial charge >= 0.3 is 0 Å². The second-order valence-corrected chi connectivity index (χ2v) is 7.47. The summed E-state index contributed by atoms with van der Waals surface area (Å²) in [6.07, 6.45) is 5.51. The zero-order valence-electron chi connectivity index (χ0n) is 15.2. The SMILES string of the molecule is CN(Cc1cnnn1C)C1CN(c2ccc3nnc(C4CCC4)n3n2)C1. The zero-order valence-corrected chi connectivity index (χ0v) is 15.2. The fourth-order valence-electron chi connectivity index (χ4n) is 3.65. The zero-order chi connectivity index (χ0) is 17.7. The summed E-state index contributed by atoms with van der Waals surface area (Å²) >= 11 is 0. The van der Waals surface area contributed by atoms with Gasteiger partial charge in [-0.25, -0.2) is 0 Å². The van der Waals surface area contributed by atoms with Crippen LogP contribution in [0.4, 0.5) is 5.82 Å². The Balaban J connectivity index is 1.27. The minimum Gasteiger partial charge on any atom is -0.352 e. The van der Waals surface area contributed by atoms with Crippen LogP contribution in [0.15, 0.2) is 18.3 Å². The summed E-state index contributed by atoms with van der Waals surface area (Å²) in [5.41, 5.74) is 1.97. The predicted octanol–water partition coefficient (Wildman–Crippen LogP) is 0.841. The number of hydrogen-bond donors (Lipinski definition) is 0. The first kappa shape index (κ1) is 15.7. The molecule has 136 valence electrons. The van der Waals surface area contributed by atoms with Gasteiger partial charge in [0, 0.05) is 38.6 Å². The van der Waals surface area contributed by atoms with Gasteiger partial charge in [0.25, 0.3) is 0 Å². The van der Waals surface area contributed by atoms with Gasteiger partial charge in [0.1, 0.15) is 5.82 Å². The van der Waals surface area contributed by atoms with Crippen LogP contribution in [-0.4, -0.2) is 65.9 Å². The summed E-state index contributed by atoms with van der Waals surface area (Å²) in [4.78, 5) is 4.67. The fourth-order valence-corrected chi connectivity index (χ4v) is 3.65. The molecule has 0 amide bonds. The van der Waals surface area contributed by atoms with Crippen molar-refractivity contribution in [2.75, 3.05) is 25.0 Å². The smallest absolute Gasteiger partial charge is 0.178 e. The normalized spacial score (nSPS) is 18.5. The van der Waals surface area contributed by atoms with E-state index >= 15 is 0 Å². The highest BCUT2D eigenvalue weighted by atomic mass is 15.4. The Morgan fingerprint density at radius 1 is 1.19 bits per heavy atom. The van der Waals surface area contributed by atoms with E-state index in [4.69, 9.17) is 5.10 Å². The first-order valence-electron chi connectivity index (χ1n) is 9.20. The molecule has 3 aromatic rings. The molecular formula is C17H23N9. The van der Waals surface area contributed by atoms with Crippen molar-refractivity contribution in [3.63, 3.8) is 0 Å². The number of nitrogens with zero attached hydrogens (tertiary/aromatic N) is 9. The van der Waals surface area contributed by atoms with E-state index in [1.54, 1.807) is 0 Å². The molecule has 0 atom stereocenters. The number of aromatic nitrogens is 7. The number of likely N-dealkylation sites (N-methyl/N-ethyl adjacent to an activating group) is 1. The summed E-state index contributed by atoms with van der Waals surface area (Å²) in [6, 6.07) is 4.58. The molecule has 0 bridgehead atoms. The second kappa shape index (κ2) is 6.01. The molecule has 5 rings (SSSR count). The average Bonchev–Trinajstić information content (AvgIpc) is 3.12. The average molecular weight is 353 g/mol. The summed E-state index contributed by atoms with van der Waals surface area (Å²) in [5, 5.41) is 21.4. The van der Waals surface area contributed by atoms with Crippen LogP contribution < -0.4 is 4.90 Å². The number of fused-ring (bicyclic) bond motifs is 1. The Hall–Kier alpha value is -2.55. The molecule has 0 spiro atoms. The minimum absolute atomic E-state index is 0.509. The Bertz CT molecular complexity index is 919. The molecule has 9 heteroatoms. The third-order valence-electron chi connectivity index (χ3n) is 5.77. The van der Waals surface area contributed by atoms with E-state index in [-0.39, 0.29) is 0 Å². The number of aryl methyl sites for hydroxylation is 1. The van der Waals surface area contributed by atoms with Crippen molar-refractivity contribution >= 4 is 11.5 Å². The molecule has 2 fully saturated rings. The highest BCUT2D eigenvalue weighted by molar-refractivity contribution is 5.48. The Morgan fingerprint density at radius 2 is 2.04 bits per heavy atom. The number of anilines is 1. The van der Waals surface area contributed by atoms with Gasteiger partial charge in [0.2, 0.25) is 0 Å². The van der Waals surface area contributed by atoms with E-state index in [2.05, 4.69) is 43.4 Å². The minimum atomic E-state index is 0.509. The van der Waals surface area contributed by atoms with Gasteiger partial charge in [-0.3, -0.25) is 9.58 Å². The van der Waals surface area contributed by atoms with Gasteiger partial charge in [-0.1, -0.05) is 11.6 Å². The van der Waals surface area contributed by atoms with Crippen molar-refractivity contribution in [2.24, 2.45) is 7.05 Å². The first-order valence-corrected chi connectivity index (χ1v) is 9.20. The van der Waals surface area contributed by atoms with Crippen LogP contribution in [0.5, 0.6) is 0 Å². The van der Waals surface area contributed by atoms with Crippen molar-refractivity contribution in [3.05, 3.63) is 29.8 Å². The molecule has 0 radical (unpaired) electrons. The lowest BCUT2D eigenvalue weighted by molar-refractivity contribution is 0.192. The maximum atomic E-state index is 4.82. The van der Waals surface area contributed by atoms with Crippen molar-refractivity contribution in [2.45, 2.75) is 37.8 Å². The van der Waals surface area contributed by atoms with E-state index in [1.165, 1.54) is 19.3 Å². The Morgan fingerprint density at radius 3 is 2.73 bits per heavy atom. The maximum absolute atomic E-state index is 4.82. The molecule has 9 nitrogen and oxygen atoms in total. The van der Waals surface area contributed by atoms with Crippen LogP contribution in [0.2, 0.25) is 0 Å². The standard InChI is InChI=1S/C17H23N9/c1-23(9-13-8-18-22-24(13)2)14-10-25(11-14)16-7-6-15-19-20-17(26(15)21-16)12-4-3-5-12/h6-8,12,14H,3-5,9-11H2,1-2H3. The third kappa shape index (κ3) is 2.54. The molecule has 0 N–H and O–H groups in total. The van der Waals surface area contributed by atoms with Crippen LogP contribution in [0.3, 0.4) is 0 Å². The van der Waals surface area contributed by atoms with Gasteiger partial charge in [0.05, 0.1) is 11.9 Å². The molecule has 1 saturated heterocycles. The van der Waals surface area contributed by atoms with Gasteiger partial charge < -0.3 is 4.90 Å². The monoisotopic (exact) mass is 353 g/mol. The lowest BCUT2D eigenvalue weighted by Gasteiger charge is -2.44. The fraction of sp³-hybridized carbons (Fsp3) is 0.588. The van der Waals surface area contributed by atoms with E-state index < -0.39 is 0 Å². The lowest BCUT2D eigenvalue weighted by Crippen LogP contribution is -2.58. The predicted molar refractivity (Wildman–Crippen MR) is 95.8 cm³/mol. The highest BCUT2D eigenvalue weighted by Crippen LogP contribution is 2.35. The summed E-state index contributed by atoms with van der Waals surface area (Å²) in [7, 11) is 4.08. The van der Waals surface area contributed by atoms with E-state index in [9.17, 15) is 0 Å². The van der Waals surface area contributed by atoms with E-state index in [1.807, 2.05) is 28.5 Å². The molecule has 4 heterocycles. The van der Waals surface area contributed by atoms with Gasteiger partial charge in [0.15, 0.2) is 11.5 Å². The van der Waals surface area contributed by atoms with Crippen molar-refractivity contribution in [1.82, 2.24) is 39.7 Å². The van der Waals surface area contributed by atoms with E-state index in [0.717, 1.165) is 42.6 Å². The maximum Gasteiger partial charge on any atom is 0.178 e. The van der Waals surface area contributed by atoms with Crippen LogP contribution >= 0.6 is 0 Å². The van der Waals surface area contributed by atoms with Crippen molar-refractivity contribution < 1.29 is 0 Å². The summed E-state index contributed by atoms with van der Waals surface area (Å²) < 4.78 is 3.77. The van der Waals surface area contributed by atoms with Crippen LogP contribution in [0.1, 0.15) is 36.7 Å². The third-order valence-corrected chi connectivity index (χ3v) is 5.77. The molecule has 0 unspecified atom stereocenters. The molecule has 26 heavy (non-hydrogen) atoms. The Labute approximate surface area is 151 Å². The molecule has 1 aliphatic carbocycles. The van der Waals surface area contributed by atoms with Gasteiger partial charge in [-0.2, -0.15) is 4.52 Å². The molecule has 3 aromatic heterocycles. The summed E-state index contributed by atoms with van der Waals surface area (Å²) in [6.45, 7) is 2.80. The molecule has 0 aromatic carbocycles. The topological polar surface area (TPSA) is 80.3 Å². The van der Waals surface area contributed by atoms with Crippen LogP contribution in [0, 0.1) is 0 Å².